The number of carbonyl (C=O) groups is 1. The second-order valence-electron chi connectivity index (χ2n) is 6.62. The second-order valence-corrected chi connectivity index (χ2v) is 6.62. The predicted molar refractivity (Wildman–Crippen MR) is 99.9 cm³/mol. The summed E-state index contributed by atoms with van der Waals surface area (Å²) in [5.41, 5.74) is 8.72. The molecule has 2 aromatic carbocycles. The van der Waals surface area contributed by atoms with Crippen molar-refractivity contribution in [2.24, 2.45) is 0 Å². The number of anilines is 4. The molecule has 0 aromatic heterocycles. The number of nitrogens with one attached hydrogen (secondary N) is 1. The number of hydrogen-bond donors (Lipinski definition) is 2. The molecule has 6 nitrogen and oxygen atoms in total. The first-order valence-electron chi connectivity index (χ1n) is 7.83. The van der Waals surface area contributed by atoms with E-state index in [0.29, 0.717) is 22.6 Å². The topological polar surface area (TPSA) is 91.4 Å². The van der Waals surface area contributed by atoms with Gasteiger partial charge < -0.3 is 15.4 Å². The van der Waals surface area contributed by atoms with Crippen molar-refractivity contribution in [3.8, 4) is 6.07 Å². The molecule has 130 valence electrons. The van der Waals surface area contributed by atoms with Crippen molar-refractivity contribution in [2.45, 2.75) is 26.4 Å². The van der Waals surface area contributed by atoms with Gasteiger partial charge in [-0.25, -0.2) is 4.79 Å². The van der Waals surface area contributed by atoms with E-state index < -0.39 is 11.7 Å². The number of nitrogens with zero attached hydrogens (tertiary/aromatic N) is 2. The third kappa shape index (κ3) is 4.88. The van der Waals surface area contributed by atoms with E-state index in [4.69, 9.17) is 15.7 Å². The normalized spacial score (nSPS) is 10.7. The highest BCUT2D eigenvalue weighted by molar-refractivity contribution is 5.88. The molecule has 25 heavy (non-hydrogen) atoms. The van der Waals surface area contributed by atoms with Crippen LogP contribution in [0.5, 0.6) is 0 Å². The number of hydrogen-bond acceptors (Lipinski definition) is 5. The van der Waals surface area contributed by atoms with E-state index in [0.717, 1.165) is 5.69 Å². The molecule has 0 aliphatic heterocycles. The van der Waals surface area contributed by atoms with Gasteiger partial charge in [0, 0.05) is 18.4 Å². The van der Waals surface area contributed by atoms with Gasteiger partial charge in [0.25, 0.3) is 0 Å². The number of amides is 1. The summed E-state index contributed by atoms with van der Waals surface area (Å²) < 4.78 is 5.26. The average molecular weight is 338 g/mol. The quantitative estimate of drug-likeness (QED) is 0.816. The van der Waals surface area contributed by atoms with Gasteiger partial charge in [-0.2, -0.15) is 5.26 Å². The van der Waals surface area contributed by atoms with Gasteiger partial charge in [-0.3, -0.25) is 5.32 Å². The summed E-state index contributed by atoms with van der Waals surface area (Å²) in [6.45, 7) is 5.41. The van der Waals surface area contributed by atoms with E-state index in [9.17, 15) is 4.79 Å². The molecule has 0 saturated carbocycles. The molecule has 0 atom stereocenters. The highest BCUT2D eigenvalue weighted by atomic mass is 16.6. The van der Waals surface area contributed by atoms with E-state index in [1.807, 2.05) is 24.1 Å². The van der Waals surface area contributed by atoms with Crippen LogP contribution < -0.4 is 16.0 Å². The third-order valence-corrected chi connectivity index (χ3v) is 3.40. The number of nitrogens with two attached hydrogens (primary N) is 1. The number of benzene rings is 2. The lowest BCUT2D eigenvalue weighted by molar-refractivity contribution is 0.0636. The summed E-state index contributed by atoms with van der Waals surface area (Å²) in [6.07, 6.45) is -0.530. The maximum atomic E-state index is 11.9. The van der Waals surface area contributed by atoms with Crippen LogP contribution in [0.2, 0.25) is 0 Å². The van der Waals surface area contributed by atoms with Crippen molar-refractivity contribution in [2.75, 3.05) is 23.0 Å². The zero-order valence-corrected chi connectivity index (χ0v) is 14.8. The van der Waals surface area contributed by atoms with Crippen molar-refractivity contribution < 1.29 is 9.53 Å². The van der Waals surface area contributed by atoms with Crippen LogP contribution in [0, 0.1) is 11.3 Å². The van der Waals surface area contributed by atoms with Gasteiger partial charge in [-0.1, -0.05) is 6.07 Å². The molecule has 6 heteroatoms. The Morgan fingerprint density at radius 1 is 1.24 bits per heavy atom. The number of ether oxygens (including phenoxy) is 1. The van der Waals surface area contributed by atoms with Gasteiger partial charge in [-0.15, -0.1) is 0 Å². The highest BCUT2D eigenvalue weighted by Crippen LogP contribution is 2.32. The Hall–Kier alpha value is -3.20. The maximum absolute atomic E-state index is 11.9. The highest BCUT2D eigenvalue weighted by Gasteiger charge is 2.17. The summed E-state index contributed by atoms with van der Waals surface area (Å²) in [5, 5.41) is 11.7. The fourth-order valence-corrected chi connectivity index (χ4v) is 2.26. The van der Waals surface area contributed by atoms with Crippen molar-refractivity contribution >= 4 is 28.8 Å². The molecule has 3 N–H and O–H groups in total. The standard InChI is InChI=1S/C19H22N4O2/c1-19(2,3)25-18(24)22-14-8-9-16(21)17(11-14)23(4)15-7-5-6-13(10-15)12-20/h5-11H,21H2,1-4H3,(H,22,24). The molecule has 0 unspecified atom stereocenters. The van der Waals surface area contributed by atoms with Gasteiger partial charge in [0.05, 0.1) is 23.0 Å². The number of nitrogen functional groups attached to an aromatic ring is 1. The molecule has 0 aliphatic rings. The third-order valence-electron chi connectivity index (χ3n) is 3.40. The van der Waals surface area contributed by atoms with E-state index in [1.165, 1.54) is 0 Å². The molecule has 0 aliphatic carbocycles. The first-order valence-corrected chi connectivity index (χ1v) is 7.83. The first-order chi connectivity index (χ1) is 11.7. The Labute approximate surface area is 147 Å². The van der Waals surface area contributed by atoms with E-state index in [2.05, 4.69) is 11.4 Å². The minimum atomic E-state index is -0.574. The van der Waals surface area contributed by atoms with Crippen LogP contribution in [0.15, 0.2) is 42.5 Å². The minimum absolute atomic E-state index is 0.530. The van der Waals surface area contributed by atoms with Crippen LogP contribution in [0.25, 0.3) is 0 Å². The summed E-state index contributed by atoms with van der Waals surface area (Å²) in [7, 11) is 1.85. The molecular formula is C19H22N4O2. The zero-order chi connectivity index (χ0) is 18.6. The van der Waals surface area contributed by atoms with Gasteiger partial charge >= 0.3 is 6.09 Å². The molecule has 0 bridgehead atoms. The summed E-state index contributed by atoms with van der Waals surface area (Å²) in [4.78, 5) is 13.8. The van der Waals surface area contributed by atoms with E-state index in [-0.39, 0.29) is 0 Å². The maximum Gasteiger partial charge on any atom is 0.412 e. The van der Waals surface area contributed by atoms with Crippen LogP contribution >= 0.6 is 0 Å². The van der Waals surface area contributed by atoms with Crippen LogP contribution in [-0.2, 0) is 4.74 Å². The fourth-order valence-electron chi connectivity index (χ4n) is 2.26. The number of rotatable bonds is 3. The first kappa shape index (κ1) is 18.1. The molecular weight excluding hydrogens is 316 g/mol. The molecule has 2 aromatic rings. The van der Waals surface area contributed by atoms with Gasteiger partial charge in [0.1, 0.15) is 5.60 Å². The van der Waals surface area contributed by atoms with Crippen molar-refractivity contribution in [3.63, 3.8) is 0 Å². The van der Waals surface area contributed by atoms with Crippen molar-refractivity contribution in [3.05, 3.63) is 48.0 Å². The van der Waals surface area contributed by atoms with Crippen molar-refractivity contribution in [1.29, 1.82) is 5.26 Å². The molecule has 0 radical (unpaired) electrons. The lowest BCUT2D eigenvalue weighted by Gasteiger charge is -2.23. The molecule has 0 fully saturated rings. The minimum Gasteiger partial charge on any atom is -0.444 e. The SMILES string of the molecule is CN(c1cccc(C#N)c1)c1cc(NC(=O)OC(C)(C)C)ccc1N. The van der Waals surface area contributed by atoms with Crippen LogP contribution in [-0.4, -0.2) is 18.7 Å². The Bertz CT molecular complexity index is 819. The van der Waals surface area contributed by atoms with E-state index in [1.54, 1.807) is 51.1 Å². The fraction of sp³-hybridized carbons (Fsp3) is 0.263. The van der Waals surface area contributed by atoms with Crippen LogP contribution in [0.4, 0.5) is 27.5 Å². The Kier molecular flexibility index (Phi) is 5.18. The molecule has 0 heterocycles. The number of carbonyl (C=O) groups excluding carboxylic acids is 1. The Morgan fingerprint density at radius 3 is 2.60 bits per heavy atom. The molecule has 0 saturated heterocycles. The second kappa shape index (κ2) is 7.14. The monoisotopic (exact) mass is 338 g/mol. The summed E-state index contributed by atoms with van der Waals surface area (Å²) >= 11 is 0. The zero-order valence-electron chi connectivity index (χ0n) is 14.8. The van der Waals surface area contributed by atoms with Crippen LogP contribution in [0.1, 0.15) is 26.3 Å². The lowest BCUT2D eigenvalue weighted by atomic mass is 10.1. The smallest absolute Gasteiger partial charge is 0.412 e. The van der Waals surface area contributed by atoms with Gasteiger partial charge in [0.2, 0.25) is 0 Å². The van der Waals surface area contributed by atoms with Crippen LogP contribution in [0.3, 0.4) is 0 Å². The van der Waals surface area contributed by atoms with Gasteiger partial charge in [-0.05, 0) is 57.2 Å². The van der Waals surface area contributed by atoms with Crippen molar-refractivity contribution in [1.82, 2.24) is 0 Å². The Balaban J connectivity index is 2.26. The molecule has 1 amide bonds. The lowest BCUT2D eigenvalue weighted by Crippen LogP contribution is -2.27. The van der Waals surface area contributed by atoms with Gasteiger partial charge in [0.15, 0.2) is 0 Å². The number of nitriles is 1. The van der Waals surface area contributed by atoms with E-state index >= 15 is 0 Å². The summed E-state index contributed by atoms with van der Waals surface area (Å²) in [6, 6.07) is 14.5. The molecule has 2 rings (SSSR count). The largest absolute Gasteiger partial charge is 0.444 e. The Morgan fingerprint density at radius 2 is 1.96 bits per heavy atom. The average Bonchev–Trinajstić information content (AvgIpc) is 2.54. The summed E-state index contributed by atoms with van der Waals surface area (Å²) in [5.74, 6) is 0. The predicted octanol–water partition coefficient (Wildman–Crippen LogP) is 4.26. The molecule has 0 spiro atoms.